The zero-order valence-corrected chi connectivity index (χ0v) is 17.3. The van der Waals surface area contributed by atoms with Gasteiger partial charge in [0, 0.05) is 26.2 Å². The van der Waals surface area contributed by atoms with Crippen molar-refractivity contribution in [2.45, 2.75) is 45.9 Å². The van der Waals surface area contributed by atoms with E-state index in [-0.39, 0.29) is 11.9 Å². The fraction of sp³-hybridized carbons (Fsp3) is 0.435. The number of aryl methyl sites for hydroxylation is 1. The first-order valence-electron chi connectivity index (χ1n) is 10.3. The van der Waals surface area contributed by atoms with Gasteiger partial charge in [-0.15, -0.1) is 0 Å². The van der Waals surface area contributed by atoms with Gasteiger partial charge in [-0.25, -0.2) is 9.38 Å². The number of rotatable bonds is 6. The van der Waals surface area contributed by atoms with Crippen molar-refractivity contribution in [2.24, 2.45) is 4.99 Å². The van der Waals surface area contributed by atoms with Gasteiger partial charge in [0.2, 0.25) is 0 Å². The van der Waals surface area contributed by atoms with Crippen molar-refractivity contribution in [2.75, 3.05) is 24.5 Å². The molecule has 1 aliphatic rings. The summed E-state index contributed by atoms with van der Waals surface area (Å²) >= 11 is 0. The number of piperidine rings is 1. The van der Waals surface area contributed by atoms with Gasteiger partial charge in [0.15, 0.2) is 5.96 Å². The number of nitrogens with one attached hydrogen (secondary N) is 2. The summed E-state index contributed by atoms with van der Waals surface area (Å²) in [7, 11) is 0. The molecule has 156 valence electrons. The van der Waals surface area contributed by atoms with Gasteiger partial charge in [-0.3, -0.25) is 0 Å². The summed E-state index contributed by atoms with van der Waals surface area (Å²) in [4.78, 5) is 6.59. The molecule has 1 heterocycles. The Bertz CT molecular complexity index is 814. The number of benzene rings is 2. The van der Waals surface area contributed by atoms with E-state index in [4.69, 9.17) is 0 Å². The van der Waals surface area contributed by atoms with E-state index in [9.17, 15) is 9.50 Å². The molecule has 0 atom stereocenters. The van der Waals surface area contributed by atoms with Crippen LogP contribution in [0.1, 0.15) is 36.5 Å². The van der Waals surface area contributed by atoms with Crippen molar-refractivity contribution in [1.29, 1.82) is 0 Å². The lowest BCUT2D eigenvalue weighted by molar-refractivity contribution is 0.145. The summed E-state index contributed by atoms with van der Waals surface area (Å²) in [5.74, 6) is 0.481. The molecule has 1 aliphatic heterocycles. The average Bonchev–Trinajstić information content (AvgIpc) is 2.72. The monoisotopic (exact) mass is 398 g/mol. The molecule has 3 N–H and O–H groups in total. The van der Waals surface area contributed by atoms with E-state index < -0.39 is 0 Å². The van der Waals surface area contributed by atoms with Crippen molar-refractivity contribution in [3.63, 3.8) is 0 Å². The molecular weight excluding hydrogens is 367 g/mol. The highest BCUT2D eigenvalue weighted by atomic mass is 19.1. The second-order valence-electron chi connectivity index (χ2n) is 7.54. The Hall–Kier alpha value is -2.60. The highest BCUT2D eigenvalue weighted by Gasteiger charge is 2.19. The van der Waals surface area contributed by atoms with Crippen molar-refractivity contribution >= 4 is 11.6 Å². The maximum Gasteiger partial charge on any atom is 0.191 e. The van der Waals surface area contributed by atoms with E-state index in [1.54, 1.807) is 6.07 Å². The van der Waals surface area contributed by atoms with Crippen LogP contribution in [-0.2, 0) is 13.1 Å². The van der Waals surface area contributed by atoms with E-state index in [0.717, 1.165) is 12.1 Å². The molecule has 0 bridgehead atoms. The Morgan fingerprint density at radius 1 is 1.10 bits per heavy atom. The van der Waals surface area contributed by atoms with Crippen molar-refractivity contribution < 1.29 is 9.50 Å². The molecule has 0 saturated carbocycles. The van der Waals surface area contributed by atoms with Crippen LogP contribution >= 0.6 is 0 Å². The molecule has 0 radical (unpaired) electrons. The van der Waals surface area contributed by atoms with E-state index in [1.807, 2.05) is 24.0 Å². The number of hydrogen-bond acceptors (Lipinski definition) is 3. The minimum Gasteiger partial charge on any atom is -0.393 e. The van der Waals surface area contributed by atoms with Crippen LogP contribution < -0.4 is 15.5 Å². The quantitative estimate of drug-likeness (QED) is 0.516. The van der Waals surface area contributed by atoms with Crippen LogP contribution in [0.4, 0.5) is 10.1 Å². The van der Waals surface area contributed by atoms with Gasteiger partial charge in [0.1, 0.15) is 5.82 Å². The second kappa shape index (κ2) is 10.3. The number of anilines is 1. The summed E-state index contributed by atoms with van der Waals surface area (Å²) in [6.07, 6.45) is 1.11. The zero-order valence-electron chi connectivity index (χ0n) is 17.3. The molecule has 2 aromatic carbocycles. The Morgan fingerprint density at radius 2 is 1.79 bits per heavy atom. The largest absolute Gasteiger partial charge is 0.393 e. The van der Waals surface area contributed by atoms with Crippen LogP contribution in [0.5, 0.6) is 0 Å². The SMILES string of the molecule is CCNC(=NCc1ccc(N2CCC(O)CC2)c(F)c1)NCc1ccc(C)cc1. The van der Waals surface area contributed by atoms with Crippen LogP contribution in [-0.4, -0.2) is 36.8 Å². The number of hydrogen-bond donors (Lipinski definition) is 3. The normalized spacial score (nSPS) is 15.4. The lowest BCUT2D eigenvalue weighted by Gasteiger charge is -2.31. The van der Waals surface area contributed by atoms with Crippen molar-refractivity contribution in [1.82, 2.24) is 10.6 Å². The standard InChI is InChI=1S/C23H31FN4O/c1-3-25-23(26-15-18-6-4-17(2)5-7-18)27-16-19-8-9-22(21(24)14-19)28-12-10-20(29)11-13-28/h4-9,14,20,29H,3,10-13,15-16H2,1-2H3,(H2,25,26,27). The third kappa shape index (κ3) is 6.19. The van der Waals surface area contributed by atoms with Crippen LogP contribution in [0, 0.1) is 12.7 Å². The summed E-state index contributed by atoms with van der Waals surface area (Å²) in [5, 5.41) is 16.2. The van der Waals surface area contributed by atoms with E-state index in [0.29, 0.717) is 50.7 Å². The molecule has 0 aliphatic carbocycles. The average molecular weight is 399 g/mol. The van der Waals surface area contributed by atoms with Crippen molar-refractivity contribution in [3.8, 4) is 0 Å². The van der Waals surface area contributed by atoms with Crippen LogP contribution in [0.25, 0.3) is 0 Å². The number of aliphatic imine (C=N–C) groups is 1. The minimum atomic E-state index is -0.264. The Labute approximate surface area is 172 Å². The Kier molecular flexibility index (Phi) is 7.47. The predicted octanol–water partition coefficient (Wildman–Crippen LogP) is 3.35. The number of aliphatic hydroxyl groups is 1. The summed E-state index contributed by atoms with van der Waals surface area (Å²) in [6, 6.07) is 13.7. The number of aliphatic hydroxyl groups excluding tert-OH is 1. The van der Waals surface area contributed by atoms with E-state index in [2.05, 4.69) is 46.8 Å². The summed E-state index contributed by atoms with van der Waals surface area (Å²) in [5.41, 5.74) is 3.86. The Balaban J connectivity index is 1.61. The summed E-state index contributed by atoms with van der Waals surface area (Å²) in [6.45, 7) is 7.30. The molecule has 6 heteroatoms. The Morgan fingerprint density at radius 3 is 2.45 bits per heavy atom. The van der Waals surface area contributed by atoms with Gasteiger partial charge in [-0.05, 0) is 49.9 Å². The first kappa shape index (κ1) is 21.1. The number of halogens is 1. The summed E-state index contributed by atoms with van der Waals surface area (Å²) < 4.78 is 14.6. The topological polar surface area (TPSA) is 59.9 Å². The minimum absolute atomic E-state index is 0.230. The molecule has 29 heavy (non-hydrogen) atoms. The second-order valence-corrected chi connectivity index (χ2v) is 7.54. The number of nitrogens with zero attached hydrogens (tertiary/aromatic N) is 2. The lowest BCUT2D eigenvalue weighted by atomic mass is 10.1. The van der Waals surface area contributed by atoms with Gasteiger partial charge >= 0.3 is 0 Å². The van der Waals surface area contributed by atoms with Gasteiger partial charge < -0.3 is 20.6 Å². The fourth-order valence-electron chi connectivity index (χ4n) is 3.42. The zero-order chi connectivity index (χ0) is 20.6. The van der Waals surface area contributed by atoms with Crippen LogP contribution in [0.15, 0.2) is 47.5 Å². The molecule has 0 unspecified atom stereocenters. The fourth-order valence-corrected chi connectivity index (χ4v) is 3.42. The predicted molar refractivity (Wildman–Crippen MR) is 117 cm³/mol. The van der Waals surface area contributed by atoms with Crippen molar-refractivity contribution in [3.05, 3.63) is 65.0 Å². The highest BCUT2D eigenvalue weighted by Crippen LogP contribution is 2.24. The highest BCUT2D eigenvalue weighted by molar-refractivity contribution is 5.79. The third-order valence-corrected chi connectivity index (χ3v) is 5.16. The molecule has 0 amide bonds. The third-order valence-electron chi connectivity index (χ3n) is 5.16. The molecule has 0 aromatic heterocycles. The van der Waals surface area contributed by atoms with Crippen LogP contribution in [0.3, 0.4) is 0 Å². The van der Waals surface area contributed by atoms with E-state index in [1.165, 1.54) is 11.1 Å². The molecule has 5 nitrogen and oxygen atoms in total. The molecule has 2 aromatic rings. The first-order chi connectivity index (χ1) is 14.0. The lowest BCUT2D eigenvalue weighted by Crippen LogP contribution is -2.36. The number of guanidine groups is 1. The van der Waals surface area contributed by atoms with Gasteiger partial charge in [-0.1, -0.05) is 35.9 Å². The first-order valence-corrected chi connectivity index (χ1v) is 10.3. The molecule has 1 saturated heterocycles. The molecule has 0 spiro atoms. The maximum absolute atomic E-state index is 14.6. The molecular formula is C23H31FN4O. The smallest absolute Gasteiger partial charge is 0.191 e. The molecule has 1 fully saturated rings. The van der Waals surface area contributed by atoms with E-state index >= 15 is 0 Å². The van der Waals surface area contributed by atoms with Gasteiger partial charge in [0.25, 0.3) is 0 Å². The van der Waals surface area contributed by atoms with Crippen LogP contribution in [0.2, 0.25) is 0 Å². The van der Waals surface area contributed by atoms with Gasteiger partial charge in [0.05, 0.1) is 18.3 Å². The van der Waals surface area contributed by atoms with Gasteiger partial charge in [-0.2, -0.15) is 0 Å². The molecule has 3 rings (SSSR count). The maximum atomic E-state index is 14.6.